The van der Waals surface area contributed by atoms with Crippen molar-refractivity contribution >= 4 is 23.4 Å². The van der Waals surface area contributed by atoms with E-state index in [1.807, 2.05) is 37.3 Å². The van der Waals surface area contributed by atoms with Crippen molar-refractivity contribution in [2.45, 2.75) is 13.8 Å². The second kappa shape index (κ2) is 8.65. The average Bonchev–Trinajstić information content (AvgIpc) is 2.74. The molecule has 0 aliphatic carbocycles. The first-order chi connectivity index (χ1) is 13.5. The molecule has 0 spiro atoms. The second-order valence-electron chi connectivity index (χ2n) is 6.61. The van der Waals surface area contributed by atoms with Crippen LogP contribution in [0.2, 0.25) is 0 Å². The summed E-state index contributed by atoms with van der Waals surface area (Å²) in [5, 5.41) is 0. The number of rotatable bonds is 4. The molecule has 2 aromatic rings. The van der Waals surface area contributed by atoms with E-state index in [-0.39, 0.29) is 23.4 Å². The van der Waals surface area contributed by atoms with Crippen LogP contribution in [-0.2, 0) is 4.79 Å². The Hall–Kier alpha value is -3.22. The number of amides is 3. The van der Waals surface area contributed by atoms with E-state index in [0.29, 0.717) is 38.3 Å². The van der Waals surface area contributed by atoms with Crippen molar-refractivity contribution in [2.75, 3.05) is 37.6 Å². The Kier molecular flexibility index (Phi) is 6.03. The van der Waals surface area contributed by atoms with Crippen molar-refractivity contribution in [3.8, 4) is 0 Å². The molecular weight excluding hydrogens is 356 g/mol. The van der Waals surface area contributed by atoms with Gasteiger partial charge in [0, 0.05) is 57.1 Å². The van der Waals surface area contributed by atoms with Crippen LogP contribution in [0.25, 0.3) is 0 Å². The molecule has 7 nitrogen and oxygen atoms in total. The Morgan fingerprint density at radius 1 is 1.00 bits per heavy atom. The van der Waals surface area contributed by atoms with E-state index in [4.69, 9.17) is 0 Å². The Morgan fingerprint density at radius 3 is 2.25 bits per heavy atom. The Bertz CT molecular complexity index is 861. The van der Waals surface area contributed by atoms with Crippen LogP contribution in [0.1, 0.15) is 34.7 Å². The molecule has 0 unspecified atom stereocenters. The lowest BCUT2D eigenvalue weighted by atomic mass is 10.1. The Morgan fingerprint density at radius 2 is 1.64 bits per heavy atom. The first kappa shape index (κ1) is 19.5. The summed E-state index contributed by atoms with van der Waals surface area (Å²) in [6.07, 6.45) is 1.49. The van der Waals surface area contributed by atoms with E-state index in [1.54, 1.807) is 26.8 Å². The van der Waals surface area contributed by atoms with Gasteiger partial charge in [-0.1, -0.05) is 18.2 Å². The summed E-state index contributed by atoms with van der Waals surface area (Å²) in [7, 11) is 0. The van der Waals surface area contributed by atoms with E-state index in [2.05, 4.69) is 4.98 Å². The highest BCUT2D eigenvalue weighted by molar-refractivity contribution is 6.06. The number of para-hydroxylation sites is 1. The number of nitrogens with zero attached hydrogens (tertiary/aromatic N) is 4. The summed E-state index contributed by atoms with van der Waals surface area (Å²) in [4.78, 5) is 46.5. The van der Waals surface area contributed by atoms with Gasteiger partial charge in [0.2, 0.25) is 5.91 Å². The van der Waals surface area contributed by atoms with Gasteiger partial charge in [-0.15, -0.1) is 0 Å². The molecule has 0 saturated carbocycles. The lowest BCUT2D eigenvalue weighted by Gasteiger charge is -2.34. The fraction of sp³-hybridized carbons (Fsp3) is 0.333. The second-order valence-corrected chi connectivity index (χ2v) is 6.61. The maximum atomic E-state index is 12.9. The van der Waals surface area contributed by atoms with Gasteiger partial charge in [0.25, 0.3) is 11.8 Å². The zero-order valence-corrected chi connectivity index (χ0v) is 16.2. The fourth-order valence-corrected chi connectivity index (χ4v) is 3.28. The third-order valence-electron chi connectivity index (χ3n) is 4.87. The maximum absolute atomic E-state index is 12.9. The van der Waals surface area contributed by atoms with E-state index in [1.165, 1.54) is 13.1 Å². The van der Waals surface area contributed by atoms with Crippen molar-refractivity contribution < 1.29 is 14.4 Å². The zero-order chi connectivity index (χ0) is 20.1. The van der Waals surface area contributed by atoms with E-state index < -0.39 is 0 Å². The Labute approximate surface area is 164 Å². The van der Waals surface area contributed by atoms with Crippen LogP contribution in [0.4, 0.5) is 5.69 Å². The van der Waals surface area contributed by atoms with Crippen LogP contribution >= 0.6 is 0 Å². The van der Waals surface area contributed by atoms with Crippen LogP contribution in [0.5, 0.6) is 0 Å². The predicted molar refractivity (Wildman–Crippen MR) is 106 cm³/mol. The summed E-state index contributed by atoms with van der Waals surface area (Å²) in [5.74, 6) is -0.378. The topological polar surface area (TPSA) is 73.8 Å². The molecular formula is C21H24N4O3. The van der Waals surface area contributed by atoms with Crippen molar-refractivity contribution in [3.63, 3.8) is 0 Å². The molecule has 0 atom stereocenters. The minimum Gasteiger partial charge on any atom is -0.339 e. The molecule has 28 heavy (non-hydrogen) atoms. The monoisotopic (exact) mass is 380 g/mol. The minimum absolute atomic E-state index is 0.0180. The summed E-state index contributed by atoms with van der Waals surface area (Å²) in [6.45, 7) is 5.93. The first-order valence-electron chi connectivity index (χ1n) is 9.39. The quantitative estimate of drug-likeness (QED) is 0.814. The molecule has 0 radical (unpaired) electrons. The first-order valence-corrected chi connectivity index (χ1v) is 9.39. The summed E-state index contributed by atoms with van der Waals surface area (Å²) in [5.41, 5.74) is 1.45. The standard InChI is InChI=1S/C21H24N4O3/c1-3-25(18-7-5-4-6-8-18)21(28)19-15-17(9-10-22-19)20(27)24-13-11-23(12-14-24)16(2)26/h4-10,15H,3,11-14H2,1-2H3. The van der Waals surface area contributed by atoms with Crippen LogP contribution in [0.15, 0.2) is 48.7 Å². The van der Waals surface area contributed by atoms with Crippen LogP contribution in [0.3, 0.4) is 0 Å². The Balaban J connectivity index is 1.75. The van der Waals surface area contributed by atoms with Crippen molar-refractivity contribution in [1.82, 2.24) is 14.8 Å². The number of anilines is 1. The molecule has 1 fully saturated rings. The van der Waals surface area contributed by atoms with Crippen molar-refractivity contribution in [2.24, 2.45) is 0 Å². The molecule has 3 amide bonds. The van der Waals surface area contributed by atoms with Crippen LogP contribution in [0, 0.1) is 0 Å². The van der Waals surface area contributed by atoms with Crippen molar-refractivity contribution in [1.29, 1.82) is 0 Å². The number of hydrogen-bond donors (Lipinski definition) is 0. The van der Waals surface area contributed by atoms with Gasteiger partial charge >= 0.3 is 0 Å². The number of aromatic nitrogens is 1. The van der Waals surface area contributed by atoms with Crippen LogP contribution < -0.4 is 4.90 Å². The zero-order valence-electron chi connectivity index (χ0n) is 16.2. The van der Waals surface area contributed by atoms with Gasteiger partial charge in [-0.3, -0.25) is 19.4 Å². The summed E-state index contributed by atoms with van der Waals surface area (Å²) >= 11 is 0. The number of carbonyl (C=O) groups excluding carboxylic acids is 3. The smallest absolute Gasteiger partial charge is 0.276 e. The van der Waals surface area contributed by atoms with E-state index in [9.17, 15) is 14.4 Å². The third kappa shape index (κ3) is 4.19. The minimum atomic E-state index is -0.246. The molecule has 0 bridgehead atoms. The number of benzene rings is 1. The molecule has 0 N–H and O–H groups in total. The molecule has 7 heteroatoms. The highest BCUT2D eigenvalue weighted by Crippen LogP contribution is 2.17. The fourth-order valence-electron chi connectivity index (χ4n) is 3.28. The molecule has 3 rings (SSSR count). The molecule has 2 heterocycles. The largest absolute Gasteiger partial charge is 0.339 e. The number of carbonyl (C=O) groups is 3. The van der Waals surface area contributed by atoms with E-state index >= 15 is 0 Å². The summed E-state index contributed by atoms with van der Waals surface area (Å²) in [6, 6.07) is 12.5. The highest BCUT2D eigenvalue weighted by Gasteiger charge is 2.25. The lowest BCUT2D eigenvalue weighted by molar-refractivity contribution is -0.130. The van der Waals surface area contributed by atoms with Gasteiger partial charge in [-0.25, -0.2) is 0 Å². The SMILES string of the molecule is CCN(C(=O)c1cc(C(=O)N2CCN(C(C)=O)CC2)ccn1)c1ccccc1. The van der Waals surface area contributed by atoms with Gasteiger partial charge < -0.3 is 14.7 Å². The third-order valence-corrected chi connectivity index (χ3v) is 4.87. The number of hydrogen-bond acceptors (Lipinski definition) is 4. The van der Waals surface area contributed by atoms with Gasteiger partial charge in [0.05, 0.1) is 0 Å². The van der Waals surface area contributed by atoms with Crippen molar-refractivity contribution in [3.05, 3.63) is 59.9 Å². The normalized spacial score (nSPS) is 13.9. The molecule has 1 aliphatic rings. The number of piperazine rings is 1. The molecule has 1 aliphatic heterocycles. The van der Waals surface area contributed by atoms with E-state index in [0.717, 1.165) is 5.69 Å². The molecule has 1 saturated heterocycles. The average molecular weight is 380 g/mol. The predicted octanol–water partition coefficient (Wildman–Crippen LogP) is 2.05. The number of pyridine rings is 1. The van der Waals surface area contributed by atoms with Gasteiger partial charge in [-0.05, 0) is 31.2 Å². The molecule has 1 aromatic heterocycles. The van der Waals surface area contributed by atoms with Gasteiger partial charge in [-0.2, -0.15) is 0 Å². The lowest BCUT2D eigenvalue weighted by Crippen LogP contribution is -2.50. The maximum Gasteiger partial charge on any atom is 0.276 e. The van der Waals surface area contributed by atoms with Gasteiger partial charge in [0.1, 0.15) is 5.69 Å². The highest BCUT2D eigenvalue weighted by atomic mass is 16.2. The van der Waals surface area contributed by atoms with Gasteiger partial charge in [0.15, 0.2) is 0 Å². The summed E-state index contributed by atoms with van der Waals surface area (Å²) < 4.78 is 0. The molecule has 1 aromatic carbocycles. The molecule has 146 valence electrons. The van der Waals surface area contributed by atoms with Crippen LogP contribution in [-0.4, -0.2) is 65.2 Å².